The van der Waals surface area contributed by atoms with Gasteiger partial charge in [-0.25, -0.2) is 8.78 Å². The summed E-state index contributed by atoms with van der Waals surface area (Å²) in [6.07, 6.45) is -0.0560. The van der Waals surface area contributed by atoms with Gasteiger partial charge in [-0.1, -0.05) is 54.1 Å². The van der Waals surface area contributed by atoms with E-state index in [4.69, 9.17) is 17.3 Å². The summed E-state index contributed by atoms with van der Waals surface area (Å²) in [6.45, 7) is -0.162. The molecule has 6 rings (SSSR count). The summed E-state index contributed by atoms with van der Waals surface area (Å²) in [5.41, 5.74) is 8.07. The minimum Gasteiger partial charge on any atom is -0.364 e. The van der Waals surface area contributed by atoms with Crippen molar-refractivity contribution < 1.29 is 23.2 Å². The van der Waals surface area contributed by atoms with Crippen LogP contribution in [0.1, 0.15) is 28.0 Å². The largest absolute Gasteiger partial charge is 0.364 e. The average molecular weight is 577 g/mol. The summed E-state index contributed by atoms with van der Waals surface area (Å²) in [6, 6.07) is 13.6. The molecule has 4 aromatic rings. The van der Waals surface area contributed by atoms with Crippen LogP contribution in [-0.4, -0.2) is 57.4 Å². The van der Waals surface area contributed by atoms with Crippen molar-refractivity contribution in [3.63, 3.8) is 0 Å². The van der Waals surface area contributed by atoms with Crippen molar-refractivity contribution in [1.29, 1.82) is 0 Å². The number of amides is 3. The van der Waals surface area contributed by atoms with Crippen LogP contribution in [0.15, 0.2) is 59.6 Å². The molecule has 9 nitrogen and oxygen atoms in total. The van der Waals surface area contributed by atoms with Gasteiger partial charge in [0.15, 0.2) is 11.5 Å². The highest BCUT2D eigenvalue weighted by molar-refractivity contribution is 6.36. The molecule has 2 aliphatic heterocycles. The molecule has 3 aromatic carbocycles. The molecular formula is C29H23ClF2N6O3. The number of rotatable bonds is 6. The number of aromatic nitrogens is 2. The van der Waals surface area contributed by atoms with Crippen LogP contribution in [0.2, 0.25) is 5.02 Å². The first-order chi connectivity index (χ1) is 19.7. The number of para-hydroxylation sites is 1. The number of carbonyl (C=O) groups is 3. The zero-order chi connectivity index (χ0) is 28.8. The number of alkyl halides is 1. The van der Waals surface area contributed by atoms with Gasteiger partial charge in [-0.05, 0) is 17.7 Å². The van der Waals surface area contributed by atoms with Crippen molar-refractivity contribution in [1.82, 2.24) is 14.7 Å². The number of carbonyl (C=O) groups excluding carboxylic acids is 3. The normalized spacial score (nSPS) is 17.7. The number of nitrogens with zero attached hydrogens (tertiary/aromatic N) is 4. The van der Waals surface area contributed by atoms with E-state index in [1.807, 2.05) is 6.07 Å². The van der Waals surface area contributed by atoms with Crippen LogP contribution in [-0.2, 0) is 22.7 Å². The number of hydrogen-bond donors (Lipinski definition) is 2. The first-order valence-corrected chi connectivity index (χ1v) is 13.2. The molecule has 0 unspecified atom stereocenters. The van der Waals surface area contributed by atoms with Crippen molar-refractivity contribution in [2.45, 2.75) is 31.7 Å². The van der Waals surface area contributed by atoms with Crippen LogP contribution in [0.3, 0.4) is 0 Å². The average Bonchev–Trinajstić information content (AvgIpc) is 3.68. The van der Waals surface area contributed by atoms with Gasteiger partial charge in [0.25, 0.3) is 5.91 Å². The Hall–Kier alpha value is -4.64. The van der Waals surface area contributed by atoms with E-state index in [1.165, 1.54) is 10.7 Å². The Morgan fingerprint density at radius 1 is 1.07 bits per heavy atom. The monoisotopic (exact) mass is 576 g/mol. The maximum Gasteiger partial charge on any atom is 0.269 e. The molecule has 0 aliphatic carbocycles. The fourth-order valence-electron chi connectivity index (χ4n) is 5.36. The van der Waals surface area contributed by atoms with Gasteiger partial charge in [0, 0.05) is 34.7 Å². The Bertz CT molecular complexity index is 1770. The van der Waals surface area contributed by atoms with Crippen LogP contribution in [0.4, 0.5) is 14.5 Å². The molecule has 12 heteroatoms. The minimum atomic E-state index is -1.45. The summed E-state index contributed by atoms with van der Waals surface area (Å²) >= 11 is 6.55. The predicted molar refractivity (Wildman–Crippen MR) is 150 cm³/mol. The van der Waals surface area contributed by atoms with E-state index in [2.05, 4.69) is 15.4 Å². The Labute approximate surface area is 237 Å². The van der Waals surface area contributed by atoms with Crippen LogP contribution in [0.25, 0.3) is 22.0 Å². The molecule has 1 aromatic heterocycles. The molecule has 0 bridgehead atoms. The van der Waals surface area contributed by atoms with Crippen LogP contribution >= 0.6 is 11.6 Å². The van der Waals surface area contributed by atoms with Crippen LogP contribution in [0.5, 0.6) is 0 Å². The Morgan fingerprint density at radius 2 is 1.88 bits per heavy atom. The predicted octanol–water partition coefficient (Wildman–Crippen LogP) is 4.10. The highest BCUT2D eigenvalue weighted by Gasteiger charge is 2.40. The van der Waals surface area contributed by atoms with Gasteiger partial charge in [0.1, 0.15) is 18.8 Å². The molecule has 0 spiro atoms. The number of nitrogens with two attached hydrogens (primary N) is 1. The molecule has 3 heterocycles. The summed E-state index contributed by atoms with van der Waals surface area (Å²) in [5, 5.41) is 7.51. The fourth-order valence-corrected chi connectivity index (χ4v) is 5.70. The maximum atomic E-state index is 15.7. The van der Waals surface area contributed by atoms with E-state index in [-0.39, 0.29) is 36.5 Å². The second-order valence-corrected chi connectivity index (χ2v) is 10.3. The number of primary amides is 1. The Balaban J connectivity index is 1.24. The third-order valence-corrected chi connectivity index (χ3v) is 7.76. The van der Waals surface area contributed by atoms with Gasteiger partial charge in [0.2, 0.25) is 11.8 Å². The number of anilines is 1. The highest BCUT2D eigenvalue weighted by atomic mass is 35.5. The number of aliphatic imine (C=N–C) groups is 1. The molecule has 208 valence electrons. The number of hydrogen-bond acceptors (Lipinski definition) is 5. The number of benzene rings is 3. The molecule has 3 N–H and O–H groups in total. The molecule has 1 fully saturated rings. The van der Waals surface area contributed by atoms with Crippen molar-refractivity contribution >= 4 is 52.1 Å². The third kappa shape index (κ3) is 4.71. The van der Waals surface area contributed by atoms with Crippen molar-refractivity contribution in [3.8, 4) is 11.1 Å². The fraction of sp³-hybridized carbons (Fsp3) is 0.207. The lowest BCUT2D eigenvalue weighted by Gasteiger charge is -2.24. The smallest absolute Gasteiger partial charge is 0.269 e. The van der Waals surface area contributed by atoms with E-state index in [0.29, 0.717) is 28.0 Å². The first kappa shape index (κ1) is 26.6. The van der Waals surface area contributed by atoms with Crippen LogP contribution in [0, 0.1) is 5.82 Å². The first-order valence-electron chi connectivity index (χ1n) is 12.8. The van der Waals surface area contributed by atoms with Crippen molar-refractivity contribution in [2.75, 3.05) is 11.9 Å². The topological polar surface area (TPSA) is 123 Å². The summed E-state index contributed by atoms with van der Waals surface area (Å²) < 4.78 is 31.5. The van der Waals surface area contributed by atoms with Gasteiger partial charge in [-0.3, -0.25) is 24.1 Å². The zero-order valence-corrected chi connectivity index (χ0v) is 22.2. The molecule has 41 heavy (non-hydrogen) atoms. The van der Waals surface area contributed by atoms with E-state index in [0.717, 1.165) is 16.0 Å². The summed E-state index contributed by atoms with van der Waals surface area (Å²) in [4.78, 5) is 43.7. The van der Waals surface area contributed by atoms with E-state index in [9.17, 15) is 18.8 Å². The van der Waals surface area contributed by atoms with E-state index >= 15 is 4.39 Å². The summed E-state index contributed by atoms with van der Waals surface area (Å²) in [7, 11) is 0. The maximum absolute atomic E-state index is 15.7. The summed E-state index contributed by atoms with van der Waals surface area (Å²) in [5.74, 6) is -2.79. The van der Waals surface area contributed by atoms with Gasteiger partial charge < -0.3 is 16.0 Å². The van der Waals surface area contributed by atoms with E-state index < -0.39 is 35.8 Å². The molecule has 2 atom stereocenters. The van der Waals surface area contributed by atoms with Crippen LogP contribution < -0.4 is 11.1 Å². The Kier molecular flexibility index (Phi) is 6.74. The molecular weight excluding hydrogens is 554 g/mol. The van der Waals surface area contributed by atoms with Gasteiger partial charge in [-0.15, -0.1) is 0 Å². The van der Waals surface area contributed by atoms with Gasteiger partial charge >= 0.3 is 0 Å². The third-order valence-electron chi connectivity index (χ3n) is 7.35. The molecule has 1 saturated heterocycles. The standard InChI is InChI=1S/C29H23ClF2N6O3/c30-25-17(9-8-15-11-34-12-20(15)25)18-5-3-6-21(26(18)32)35-29(41)23-10-16(31)13-37(23)24(39)14-38-22-7-2-1-4-19(22)27(36-38)28(33)40/h1-9,12,16,23H,10-11,13-14H2,(H2,33,40)(H,35,41)/t16-,23+/m1/s1. The number of halogens is 3. The lowest BCUT2D eigenvalue weighted by Crippen LogP contribution is -2.44. The quantitative estimate of drug-likeness (QED) is 0.359. The van der Waals surface area contributed by atoms with Crippen molar-refractivity contribution in [2.24, 2.45) is 10.7 Å². The second-order valence-electron chi connectivity index (χ2n) is 9.91. The molecule has 2 aliphatic rings. The number of fused-ring (bicyclic) bond motifs is 2. The molecule has 0 saturated carbocycles. The SMILES string of the molecule is NC(=O)c1nn(CC(=O)N2C[C@H](F)C[C@H]2C(=O)Nc2cccc(-c3ccc4c(c3Cl)C=NC4)c2F)c2ccccc12. The van der Waals surface area contributed by atoms with Gasteiger partial charge in [-0.2, -0.15) is 5.10 Å². The zero-order valence-electron chi connectivity index (χ0n) is 21.5. The second kappa shape index (κ2) is 10.4. The van der Waals surface area contributed by atoms with Crippen molar-refractivity contribution in [3.05, 3.63) is 82.3 Å². The lowest BCUT2D eigenvalue weighted by atomic mass is 9.99. The Morgan fingerprint density at radius 3 is 2.68 bits per heavy atom. The van der Waals surface area contributed by atoms with E-state index in [1.54, 1.807) is 48.7 Å². The number of likely N-dealkylation sites (tertiary alicyclic amines) is 1. The molecule has 3 amide bonds. The minimum absolute atomic E-state index is 0.00130. The number of nitrogens with one attached hydrogen (secondary N) is 1. The lowest BCUT2D eigenvalue weighted by molar-refractivity contribution is -0.137. The van der Waals surface area contributed by atoms with Gasteiger partial charge in [0.05, 0.1) is 29.3 Å². The molecule has 0 radical (unpaired) electrons. The highest BCUT2D eigenvalue weighted by Crippen LogP contribution is 2.37.